The first-order valence-electron chi connectivity index (χ1n) is 6.99. The number of halogens is 1. The van der Waals surface area contributed by atoms with Crippen molar-refractivity contribution in [3.05, 3.63) is 58.7 Å². The van der Waals surface area contributed by atoms with Crippen molar-refractivity contribution in [3.63, 3.8) is 0 Å². The average molecular weight is 359 g/mol. The molecule has 0 aliphatic carbocycles. The lowest BCUT2D eigenvalue weighted by molar-refractivity contribution is 0.0522. The van der Waals surface area contributed by atoms with Crippen LogP contribution in [0.5, 0.6) is 0 Å². The van der Waals surface area contributed by atoms with Gasteiger partial charge < -0.3 is 15.0 Å². The molecule has 0 unspecified atom stereocenters. The number of benzene rings is 2. The van der Waals surface area contributed by atoms with E-state index in [1.54, 1.807) is 6.92 Å². The second-order valence-corrected chi connectivity index (χ2v) is 5.69. The Labute approximate surface area is 136 Å². The van der Waals surface area contributed by atoms with Gasteiger partial charge in [-0.25, -0.2) is 4.79 Å². The van der Waals surface area contributed by atoms with Gasteiger partial charge in [0.1, 0.15) is 5.69 Å². The van der Waals surface area contributed by atoms with Crippen LogP contribution in [0.15, 0.2) is 53.0 Å². The Morgan fingerprint density at radius 3 is 2.64 bits per heavy atom. The van der Waals surface area contributed by atoms with Gasteiger partial charge in [-0.15, -0.1) is 0 Å². The van der Waals surface area contributed by atoms with Gasteiger partial charge >= 0.3 is 5.97 Å². The number of rotatable bonds is 4. The highest BCUT2D eigenvalue weighted by Gasteiger charge is 2.18. The molecule has 4 nitrogen and oxygen atoms in total. The number of para-hydroxylation sites is 1. The Morgan fingerprint density at radius 1 is 1.18 bits per heavy atom. The molecule has 0 bridgehead atoms. The van der Waals surface area contributed by atoms with Crippen molar-refractivity contribution in [1.82, 2.24) is 4.98 Å². The number of esters is 1. The number of carbonyl (C=O) groups excluding carboxylic acids is 1. The van der Waals surface area contributed by atoms with E-state index in [0.29, 0.717) is 12.3 Å². The van der Waals surface area contributed by atoms with Crippen LogP contribution in [0.25, 0.3) is 10.9 Å². The largest absolute Gasteiger partial charge is 0.461 e. The first kappa shape index (κ1) is 14.7. The van der Waals surface area contributed by atoms with Gasteiger partial charge in [0, 0.05) is 21.1 Å². The molecule has 0 radical (unpaired) electrons. The van der Waals surface area contributed by atoms with Gasteiger partial charge in [0.25, 0.3) is 0 Å². The summed E-state index contributed by atoms with van der Waals surface area (Å²) in [5.41, 5.74) is 2.96. The molecule has 1 heterocycles. The molecule has 0 saturated heterocycles. The first-order chi connectivity index (χ1) is 10.7. The van der Waals surface area contributed by atoms with E-state index in [0.717, 1.165) is 26.8 Å². The summed E-state index contributed by atoms with van der Waals surface area (Å²) < 4.78 is 6.14. The maximum absolute atomic E-state index is 12.2. The van der Waals surface area contributed by atoms with E-state index in [4.69, 9.17) is 4.74 Å². The predicted molar refractivity (Wildman–Crippen MR) is 91.7 cm³/mol. The van der Waals surface area contributed by atoms with Crippen molar-refractivity contribution in [2.24, 2.45) is 0 Å². The lowest BCUT2D eigenvalue weighted by Crippen LogP contribution is -2.07. The molecule has 3 aromatic rings. The molecular weight excluding hydrogens is 344 g/mol. The zero-order valence-electron chi connectivity index (χ0n) is 12.0. The van der Waals surface area contributed by atoms with Crippen LogP contribution in [0, 0.1) is 0 Å². The fourth-order valence-corrected chi connectivity index (χ4v) is 2.57. The van der Waals surface area contributed by atoms with Crippen molar-refractivity contribution in [3.8, 4) is 0 Å². The standard InChI is InChI=1S/C17H15BrN2O2/c1-2-22-17(21)16-15(13-5-3-4-6-14(13)20-16)19-12-9-7-11(18)8-10-12/h3-10,19-20H,2H2,1H3. The molecule has 0 amide bonds. The van der Waals surface area contributed by atoms with Gasteiger partial charge in [-0.3, -0.25) is 0 Å². The van der Waals surface area contributed by atoms with Crippen molar-refractivity contribution in [2.75, 3.05) is 11.9 Å². The Morgan fingerprint density at radius 2 is 1.91 bits per heavy atom. The molecule has 0 spiro atoms. The first-order valence-corrected chi connectivity index (χ1v) is 7.78. The van der Waals surface area contributed by atoms with Crippen LogP contribution >= 0.6 is 15.9 Å². The number of fused-ring (bicyclic) bond motifs is 1. The molecule has 22 heavy (non-hydrogen) atoms. The molecule has 5 heteroatoms. The van der Waals surface area contributed by atoms with E-state index < -0.39 is 0 Å². The van der Waals surface area contributed by atoms with Crippen LogP contribution in [-0.2, 0) is 4.74 Å². The van der Waals surface area contributed by atoms with Crippen LogP contribution < -0.4 is 5.32 Å². The van der Waals surface area contributed by atoms with Gasteiger partial charge in [-0.05, 0) is 37.3 Å². The number of hydrogen-bond acceptors (Lipinski definition) is 3. The number of carbonyl (C=O) groups is 1. The summed E-state index contributed by atoms with van der Waals surface area (Å²) in [5, 5.41) is 4.26. The summed E-state index contributed by atoms with van der Waals surface area (Å²) in [6.45, 7) is 2.13. The molecule has 0 aliphatic rings. The normalized spacial score (nSPS) is 10.6. The average Bonchev–Trinajstić information content (AvgIpc) is 2.89. The Bertz CT molecular complexity index is 809. The summed E-state index contributed by atoms with van der Waals surface area (Å²) in [5.74, 6) is -0.363. The lowest BCUT2D eigenvalue weighted by atomic mass is 10.2. The van der Waals surface area contributed by atoms with Crippen LogP contribution in [0.4, 0.5) is 11.4 Å². The second kappa shape index (κ2) is 6.23. The highest BCUT2D eigenvalue weighted by Crippen LogP contribution is 2.31. The molecule has 0 saturated carbocycles. The second-order valence-electron chi connectivity index (χ2n) is 4.77. The maximum Gasteiger partial charge on any atom is 0.356 e. The fraction of sp³-hybridized carbons (Fsp3) is 0.118. The predicted octanol–water partition coefficient (Wildman–Crippen LogP) is 4.85. The molecular formula is C17H15BrN2O2. The van der Waals surface area contributed by atoms with E-state index >= 15 is 0 Å². The van der Waals surface area contributed by atoms with Crippen LogP contribution in [0.2, 0.25) is 0 Å². The van der Waals surface area contributed by atoms with Crippen molar-refractivity contribution in [2.45, 2.75) is 6.92 Å². The summed E-state index contributed by atoms with van der Waals surface area (Å²) in [4.78, 5) is 15.3. The van der Waals surface area contributed by atoms with Gasteiger partial charge in [0.15, 0.2) is 0 Å². The number of aromatic nitrogens is 1. The minimum Gasteiger partial charge on any atom is -0.461 e. The van der Waals surface area contributed by atoms with E-state index in [2.05, 4.69) is 26.2 Å². The van der Waals surface area contributed by atoms with Crippen LogP contribution in [-0.4, -0.2) is 17.6 Å². The molecule has 0 fully saturated rings. The molecule has 3 rings (SSSR count). The quantitative estimate of drug-likeness (QED) is 0.655. The fourth-order valence-electron chi connectivity index (χ4n) is 2.31. The summed E-state index contributed by atoms with van der Waals surface area (Å²) >= 11 is 3.41. The smallest absolute Gasteiger partial charge is 0.356 e. The van der Waals surface area contributed by atoms with E-state index in [-0.39, 0.29) is 5.97 Å². The lowest BCUT2D eigenvalue weighted by Gasteiger charge is -2.08. The highest BCUT2D eigenvalue weighted by atomic mass is 79.9. The highest BCUT2D eigenvalue weighted by molar-refractivity contribution is 9.10. The van der Waals surface area contributed by atoms with Gasteiger partial charge in [0.2, 0.25) is 0 Å². The minimum absolute atomic E-state index is 0.339. The number of aromatic amines is 1. The number of ether oxygens (including phenoxy) is 1. The molecule has 1 aromatic heterocycles. The van der Waals surface area contributed by atoms with E-state index in [9.17, 15) is 4.79 Å². The number of H-pyrrole nitrogens is 1. The third-order valence-corrected chi connectivity index (χ3v) is 3.83. The van der Waals surface area contributed by atoms with Gasteiger partial charge in [0.05, 0.1) is 12.3 Å². The summed E-state index contributed by atoms with van der Waals surface area (Å²) in [7, 11) is 0. The monoisotopic (exact) mass is 358 g/mol. The van der Waals surface area contributed by atoms with Crippen molar-refractivity contribution < 1.29 is 9.53 Å². The third-order valence-electron chi connectivity index (χ3n) is 3.30. The van der Waals surface area contributed by atoms with Crippen molar-refractivity contribution in [1.29, 1.82) is 0 Å². The summed E-state index contributed by atoms with van der Waals surface area (Å²) in [6, 6.07) is 15.6. The molecule has 2 N–H and O–H groups in total. The van der Waals surface area contributed by atoms with E-state index in [1.807, 2.05) is 48.5 Å². The van der Waals surface area contributed by atoms with Crippen LogP contribution in [0.1, 0.15) is 17.4 Å². The Balaban J connectivity index is 2.07. The zero-order chi connectivity index (χ0) is 15.5. The van der Waals surface area contributed by atoms with Gasteiger partial charge in [-0.2, -0.15) is 0 Å². The number of anilines is 2. The molecule has 0 atom stereocenters. The van der Waals surface area contributed by atoms with Gasteiger partial charge in [-0.1, -0.05) is 34.1 Å². The van der Waals surface area contributed by atoms with Crippen LogP contribution in [0.3, 0.4) is 0 Å². The number of hydrogen-bond donors (Lipinski definition) is 2. The third kappa shape index (κ3) is 2.85. The SMILES string of the molecule is CCOC(=O)c1[nH]c2ccccc2c1Nc1ccc(Br)cc1. The Kier molecular flexibility index (Phi) is 4.15. The molecule has 2 aromatic carbocycles. The summed E-state index contributed by atoms with van der Waals surface area (Å²) in [6.07, 6.45) is 0. The zero-order valence-corrected chi connectivity index (χ0v) is 13.6. The van der Waals surface area contributed by atoms with E-state index in [1.165, 1.54) is 0 Å². The Hall–Kier alpha value is -2.27. The minimum atomic E-state index is -0.363. The topological polar surface area (TPSA) is 54.1 Å². The maximum atomic E-state index is 12.2. The number of nitrogens with one attached hydrogen (secondary N) is 2. The molecule has 112 valence electrons. The van der Waals surface area contributed by atoms with Crippen molar-refractivity contribution >= 4 is 44.2 Å². The molecule has 0 aliphatic heterocycles.